The first-order valence-corrected chi connectivity index (χ1v) is 4.31. The van der Waals surface area contributed by atoms with E-state index < -0.39 is 0 Å². The van der Waals surface area contributed by atoms with Crippen molar-refractivity contribution in [2.24, 2.45) is 5.73 Å². The first-order valence-electron chi connectivity index (χ1n) is 4.31. The van der Waals surface area contributed by atoms with Gasteiger partial charge in [0.25, 0.3) is 0 Å². The molecule has 0 aromatic heterocycles. The van der Waals surface area contributed by atoms with E-state index in [1.807, 2.05) is 30.4 Å². The fourth-order valence-corrected chi connectivity index (χ4v) is 1.16. The summed E-state index contributed by atoms with van der Waals surface area (Å²) >= 11 is 0. The molecule has 0 atom stereocenters. The van der Waals surface area contributed by atoms with E-state index >= 15 is 0 Å². The van der Waals surface area contributed by atoms with Crippen LogP contribution in [0.15, 0.2) is 30.3 Å². The molecule has 0 radical (unpaired) electrons. The normalized spacial score (nSPS) is 10.9. The molecule has 1 aromatic carbocycles. The van der Waals surface area contributed by atoms with Crippen LogP contribution in [0.2, 0.25) is 0 Å². The minimum atomic E-state index is 0.578. The Morgan fingerprint density at radius 1 is 1.46 bits per heavy atom. The van der Waals surface area contributed by atoms with E-state index in [9.17, 15) is 0 Å². The summed E-state index contributed by atoms with van der Waals surface area (Å²) in [5.41, 5.74) is 7.71. The van der Waals surface area contributed by atoms with Gasteiger partial charge in [0.05, 0.1) is 6.61 Å². The highest BCUT2D eigenvalue weighted by molar-refractivity contribution is 5.50. The van der Waals surface area contributed by atoms with Gasteiger partial charge in [-0.2, -0.15) is 0 Å². The average Bonchev–Trinajstić information content (AvgIpc) is 2.16. The lowest BCUT2D eigenvalue weighted by atomic mass is 10.1. The van der Waals surface area contributed by atoms with Crippen LogP contribution < -0.4 is 5.73 Å². The van der Waals surface area contributed by atoms with Crippen molar-refractivity contribution in [3.05, 3.63) is 41.5 Å². The Labute approximate surface area is 79.0 Å². The fraction of sp³-hybridized carbons (Fsp3) is 0.273. The molecule has 0 aliphatic heterocycles. The third-order valence-electron chi connectivity index (χ3n) is 1.71. The second-order valence-electron chi connectivity index (χ2n) is 2.82. The monoisotopic (exact) mass is 177 g/mol. The molecule has 0 saturated carbocycles. The number of methoxy groups -OCH3 is 1. The third-order valence-corrected chi connectivity index (χ3v) is 1.71. The maximum Gasteiger partial charge on any atom is 0.0713 e. The smallest absolute Gasteiger partial charge is 0.0713 e. The second kappa shape index (κ2) is 5.51. The lowest BCUT2D eigenvalue weighted by Crippen LogP contribution is -1.92. The van der Waals surface area contributed by atoms with E-state index in [-0.39, 0.29) is 0 Å². The Kier molecular flexibility index (Phi) is 4.23. The molecular weight excluding hydrogens is 162 g/mol. The van der Waals surface area contributed by atoms with E-state index in [1.54, 1.807) is 7.11 Å². The molecule has 1 aromatic rings. The Bertz CT molecular complexity index is 281. The molecule has 2 N–H and O–H groups in total. The van der Waals surface area contributed by atoms with E-state index in [4.69, 9.17) is 10.5 Å². The SMILES string of the molecule is COCc1cccc(/C=C/CN)c1. The number of ether oxygens (including phenoxy) is 1. The Morgan fingerprint density at radius 3 is 3.00 bits per heavy atom. The molecule has 70 valence electrons. The highest BCUT2D eigenvalue weighted by Crippen LogP contribution is 2.07. The number of benzene rings is 1. The zero-order chi connectivity index (χ0) is 9.52. The van der Waals surface area contributed by atoms with Crippen LogP contribution in [0.4, 0.5) is 0 Å². The Balaban J connectivity index is 2.73. The topological polar surface area (TPSA) is 35.2 Å². The zero-order valence-electron chi connectivity index (χ0n) is 7.86. The van der Waals surface area contributed by atoms with Gasteiger partial charge in [0.15, 0.2) is 0 Å². The highest BCUT2D eigenvalue weighted by Gasteiger charge is 1.91. The Hall–Kier alpha value is -1.12. The van der Waals surface area contributed by atoms with Crippen LogP contribution in [-0.2, 0) is 11.3 Å². The van der Waals surface area contributed by atoms with Crippen molar-refractivity contribution in [3.63, 3.8) is 0 Å². The standard InChI is InChI=1S/C11H15NO/c1-13-9-11-5-2-4-10(8-11)6-3-7-12/h2-6,8H,7,9,12H2,1H3/b6-3+. The van der Waals surface area contributed by atoms with Gasteiger partial charge in [0, 0.05) is 13.7 Å². The minimum absolute atomic E-state index is 0.578. The molecular formula is C11H15NO. The molecule has 0 bridgehead atoms. The van der Waals surface area contributed by atoms with Gasteiger partial charge in [-0.05, 0) is 17.2 Å². The first kappa shape index (κ1) is 9.96. The zero-order valence-corrected chi connectivity index (χ0v) is 7.86. The summed E-state index contributed by atoms with van der Waals surface area (Å²) in [6, 6.07) is 8.20. The van der Waals surface area contributed by atoms with E-state index in [0.29, 0.717) is 13.2 Å². The fourth-order valence-electron chi connectivity index (χ4n) is 1.16. The highest BCUT2D eigenvalue weighted by atomic mass is 16.5. The van der Waals surface area contributed by atoms with Gasteiger partial charge in [0.1, 0.15) is 0 Å². The van der Waals surface area contributed by atoms with Gasteiger partial charge in [-0.25, -0.2) is 0 Å². The van der Waals surface area contributed by atoms with Crippen molar-refractivity contribution >= 4 is 6.08 Å². The Morgan fingerprint density at radius 2 is 2.31 bits per heavy atom. The minimum Gasteiger partial charge on any atom is -0.380 e. The molecule has 13 heavy (non-hydrogen) atoms. The summed E-state index contributed by atoms with van der Waals surface area (Å²) in [6.45, 7) is 1.23. The van der Waals surface area contributed by atoms with Crippen LogP contribution in [0.25, 0.3) is 6.08 Å². The quantitative estimate of drug-likeness (QED) is 0.761. The molecule has 0 aliphatic carbocycles. The van der Waals surface area contributed by atoms with E-state index in [1.165, 1.54) is 11.1 Å². The van der Waals surface area contributed by atoms with Crippen LogP contribution in [0.3, 0.4) is 0 Å². The summed E-state index contributed by atoms with van der Waals surface area (Å²) in [7, 11) is 1.70. The summed E-state index contributed by atoms with van der Waals surface area (Å²) in [6.07, 6.45) is 3.95. The molecule has 2 heteroatoms. The summed E-state index contributed by atoms with van der Waals surface area (Å²) < 4.78 is 5.04. The lowest BCUT2D eigenvalue weighted by molar-refractivity contribution is 0.185. The number of hydrogen-bond acceptors (Lipinski definition) is 2. The van der Waals surface area contributed by atoms with Gasteiger partial charge in [-0.15, -0.1) is 0 Å². The molecule has 1 rings (SSSR count). The molecule has 0 aliphatic rings. The molecule has 0 amide bonds. The molecule has 2 nitrogen and oxygen atoms in total. The predicted octanol–water partition coefficient (Wildman–Crippen LogP) is 1.80. The summed E-state index contributed by atoms with van der Waals surface area (Å²) in [5.74, 6) is 0. The van der Waals surface area contributed by atoms with Gasteiger partial charge in [-0.1, -0.05) is 30.4 Å². The van der Waals surface area contributed by atoms with Crippen molar-refractivity contribution in [1.82, 2.24) is 0 Å². The molecule has 0 saturated heterocycles. The summed E-state index contributed by atoms with van der Waals surface area (Å²) in [5, 5.41) is 0. The van der Waals surface area contributed by atoms with Crippen LogP contribution in [0.5, 0.6) is 0 Å². The average molecular weight is 177 g/mol. The second-order valence-corrected chi connectivity index (χ2v) is 2.82. The van der Waals surface area contributed by atoms with Crippen molar-refractivity contribution in [2.75, 3.05) is 13.7 Å². The first-order chi connectivity index (χ1) is 6.36. The van der Waals surface area contributed by atoms with Crippen LogP contribution in [0.1, 0.15) is 11.1 Å². The van der Waals surface area contributed by atoms with Crippen molar-refractivity contribution in [1.29, 1.82) is 0 Å². The van der Waals surface area contributed by atoms with Crippen molar-refractivity contribution in [3.8, 4) is 0 Å². The predicted molar refractivity (Wildman–Crippen MR) is 55.2 cm³/mol. The maximum absolute atomic E-state index is 5.36. The molecule has 0 spiro atoms. The number of rotatable bonds is 4. The third kappa shape index (κ3) is 3.40. The van der Waals surface area contributed by atoms with E-state index in [2.05, 4.69) is 6.07 Å². The van der Waals surface area contributed by atoms with Gasteiger partial charge in [0.2, 0.25) is 0 Å². The van der Waals surface area contributed by atoms with Crippen LogP contribution in [0, 0.1) is 0 Å². The lowest BCUT2D eigenvalue weighted by Gasteiger charge is -2.00. The summed E-state index contributed by atoms with van der Waals surface area (Å²) in [4.78, 5) is 0. The van der Waals surface area contributed by atoms with Crippen LogP contribution >= 0.6 is 0 Å². The number of nitrogens with two attached hydrogens (primary N) is 1. The van der Waals surface area contributed by atoms with Crippen LogP contribution in [-0.4, -0.2) is 13.7 Å². The largest absolute Gasteiger partial charge is 0.380 e. The molecule has 0 fully saturated rings. The van der Waals surface area contributed by atoms with E-state index in [0.717, 1.165) is 0 Å². The van der Waals surface area contributed by atoms with Crippen molar-refractivity contribution in [2.45, 2.75) is 6.61 Å². The number of hydrogen-bond donors (Lipinski definition) is 1. The van der Waals surface area contributed by atoms with Crippen molar-refractivity contribution < 1.29 is 4.74 Å². The maximum atomic E-state index is 5.36. The molecule has 0 heterocycles. The molecule has 0 unspecified atom stereocenters. The van der Waals surface area contributed by atoms with Gasteiger partial charge >= 0.3 is 0 Å². The van der Waals surface area contributed by atoms with Gasteiger partial charge < -0.3 is 10.5 Å². The van der Waals surface area contributed by atoms with Gasteiger partial charge in [-0.3, -0.25) is 0 Å².